The van der Waals surface area contributed by atoms with Crippen LogP contribution in [0.25, 0.3) is 10.9 Å². The Morgan fingerprint density at radius 1 is 1.23 bits per heavy atom. The summed E-state index contributed by atoms with van der Waals surface area (Å²) in [5.74, 6) is -2.22. The maximum Gasteiger partial charge on any atom is 0.261 e. The fourth-order valence-electron chi connectivity index (χ4n) is 4.78. The van der Waals surface area contributed by atoms with Crippen molar-refractivity contribution in [2.45, 2.75) is 89.0 Å². The van der Waals surface area contributed by atoms with Crippen molar-refractivity contribution in [3.63, 3.8) is 0 Å². The lowest BCUT2D eigenvalue weighted by Crippen LogP contribution is -2.35. The SMILES string of the molecule is Cc1cc([C@@H](C)N[S@](=O)C(C)(C)C)c2nc3n(c(=O)c2c1)CCC31CCC(F)(F)C1. The van der Waals surface area contributed by atoms with E-state index in [4.69, 9.17) is 4.98 Å². The van der Waals surface area contributed by atoms with E-state index in [2.05, 4.69) is 4.72 Å². The molecule has 2 aliphatic rings. The minimum Gasteiger partial charge on any atom is -0.296 e. The molecule has 164 valence electrons. The topological polar surface area (TPSA) is 64.0 Å². The van der Waals surface area contributed by atoms with Gasteiger partial charge in [0.25, 0.3) is 5.56 Å². The summed E-state index contributed by atoms with van der Waals surface area (Å²) in [7, 11) is -1.30. The first-order chi connectivity index (χ1) is 13.8. The number of hydrogen-bond donors (Lipinski definition) is 1. The van der Waals surface area contributed by atoms with Crippen LogP contribution in [-0.4, -0.2) is 24.4 Å². The summed E-state index contributed by atoms with van der Waals surface area (Å²) in [6.45, 7) is 9.89. The monoisotopic (exact) mass is 437 g/mol. The number of nitrogens with zero attached hydrogens (tertiary/aromatic N) is 2. The highest BCUT2D eigenvalue weighted by molar-refractivity contribution is 7.84. The van der Waals surface area contributed by atoms with E-state index in [0.29, 0.717) is 36.1 Å². The molecule has 1 aromatic carbocycles. The first-order valence-electron chi connectivity index (χ1n) is 10.4. The molecule has 1 aliphatic carbocycles. The summed E-state index contributed by atoms with van der Waals surface area (Å²) in [5, 5.41) is 0.491. The maximum atomic E-state index is 14.1. The lowest BCUT2D eigenvalue weighted by atomic mass is 9.84. The van der Waals surface area contributed by atoms with Crippen LogP contribution in [0.5, 0.6) is 0 Å². The average Bonchev–Trinajstić information content (AvgIpc) is 3.14. The van der Waals surface area contributed by atoms with E-state index >= 15 is 0 Å². The normalized spacial score (nSPS) is 25.0. The van der Waals surface area contributed by atoms with Crippen molar-refractivity contribution in [1.29, 1.82) is 0 Å². The fraction of sp³-hybridized carbons (Fsp3) is 0.636. The molecule has 1 unspecified atom stereocenters. The molecule has 1 aliphatic heterocycles. The molecule has 0 radical (unpaired) electrons. The molecule has 5 nitrogen and oxygen atoms in total. The van der Waals surface area contributed by atoms with E-state index in [1.165, 1.54) is 0 Å². The lowest BCUT2D eigenvalue weighted by Gasteiger charge is -2.25. The van der Waals surface area contributed by atoms with Crippen molar-refractivity contribution in [2.24, 2.45) is 0 Å². The molecular weight excluding hydrogens is 408 g/mol. The summed E-state index contributed by atoms with van der Waals surface area (Å²) in [6.07, 6.45) is 0.462. The van der Waals surface area contributed by atoms with E-state index < -0.39 is 27.1 Å². The highest BCUT2D eigenvalue weighted by Gasteiger charge is 2.54. The molecule has 1 N–H and O–H groups in total. The number of rotatable bonds is 3. The van der Waals surface area contributed by atoms with Gasteiger partial charge in [0, 0.05) is 30.8 Å². The standard InChI is InChI=1S/C22H29F2N3O2S/c1-13-10-15(14(2)26-30(29)20(3,4)5)17-16(11-13)18(28)27-9-8-21(19(27)25-17)6-7-22(23,24)12-21/h10-11,14,26H,6-9,12H2,1-5H3/t14-,21?,30-/m1/s1. The Morgan fingerprint density at radius 2 is 1.93 bits per heavy atom. The molecule has 8 heteroatoms. The molecule has 1 aromatic heterocycles. The van der Waals surface area contributed by atoms with Gasteiger partial charge in [0.15, 0.2) is 0 Å². The van der Waals surface area contributed by atoms with Gasteiger partial charge in [-0.3, -0.25) is 9.36 Å². The molecule has 0 bridgehead atoms. The summed E-state index contributed by atoms with van der Waals surface area (Å²) in [5.41, 5.74) is 1.31. The Bertz CT molecular complexity index is 1110. The van der Waals surface area contributed by atoms with Crippen LogP contribution < -0.4 is 10.3 Å². The van der Waals surface area contributed by atoms with Crippen molar-refractivity contribution in [1.82, 2.24) is 14.3 Å². The Kier molecular flexibility index (Phi) is 4.97. The number of aromatic nitrogens is 2. The first kappa shape index (κ1) is 21.6. The molecule has 3 atom stereocenters. The smallest absolute Gasteiger partial charge is 0.261 e. The molecule has 4 rings (SSSR count). The second kappa shape index (κ2) is 6.92. The van der Waals surface area contributed by atoms with Gasteiger partial charge in [0.2, 0.25) is 5.92 Å². The Labute approximate surface area is 177 Å². The van der Waals surface area contributed by atoms with Crippen LogP contribution in [0.15, 0.2) is 16.9 Å². The van der Waals surface area contributed by atoms with E-state index in [1.807, 2.05) is 46.8 Å². The third kappa shape index (κ3) is 3.51. The largest absolute Gasteiger partial charge is 0.296 e. The van der Waals surface area contributed by atoms with Crippen LogP contribution in [0.2, 0.25) is 0 Å². The number of hydrogen-bond acceptors (Lipinski definition) is 3. The second-order valence-corrected chi connectivity index (χ2v) is 11.9. The van der Waals surface area contributed by atoms with Gasteiger partial charge in [-0.15, -0.1) is 0 Å². The Hall–Kier alpha value is -1.67. The highest BCUT2D eigenvalue weighted by Crippen LogP contribution is 2.52. The van der Waals surface area contributed by atoms with E-state index in [9.17, 15) is 17.8 Å². The molecule has 30 heavy (non-hydrogen) atoms. The highest BCUT2D eigenvalue weighted by atomic mass is 32.2. The minimum absolute atomic E-state index is 0.163. The fourth-order valence-corrected chi connectivity index (χ4v) is 5.58. The van der Waals surface area contributed by atoms with Gasteiger partial charge in [-0.25, -0.2) is 22.7 Å². The summed E-state index contributed by atoms with van der Waals surface area (Å²) >= 11 is 0. The van der Waals surface area contributed by atoms with Crippen molar-refractivity contribution in [3.05, 3.63) is 39.4 Å². The van der Waals surface area contributed by atoms with Crippen LogP contribution in [-0.2, 0) is 22.9 Å². The first-order valence-corrected chi connectivity index (χ1v) is 11.6. The zero-order chi connectivity index (χ0) is 22.1. The van der Waals surface area contributed by atoms with Gasteiger partial charge in [-0.2, -0.15) is 0 Å². The summed E-state index contributed by atoms with van der Waals surface area (Å²) in [4.78, 5) is 18.1. The van der Waals surface area contributed by atoms with Crippen molar-refractivity contribution >= 4 is 21.9 Å². The minimum atomic E-state index is -2.71. The van der Waals surface area contributed by atoms with Gasteiger partial charge in [-0.05, 0) is 64.7 Å². The molecule has 0 amide bonds. The zero-order valence-electron chi connectivity index (χ0n) is 18.1. The second-order valence-electron chi connectivity index (χ2n) is 9.93. The van der Waals surface area contributed by atoms with Gasteiger partial charge in [0.1, 0.15) is 5.82 Å². The van der Waals surface area contributed by atoms with Crippen LogP contribution in [0.4, 0.5) is 8.78 Å². The number of benzene rings is 1. The van der Waals surface area contributed by atoms with Crippen molar-refractivity contribution in [3.8, 4) is 0 Å². The molecule has 1 spiro atoms. The molecule has 1 fully saturated rings. The van der Waals surface area contributed by atoms with Crippen LogP contribution >= 0.6 is 0 Å². The predicted molar refractivity (Wildman–Crippen MR) is 115 cm³/mol. The van der Waals surface area contributed by atoms with E-state index in [-0.39, 0.29) is 24.4 Å². The lowest BCUT2D eigenvalue weighted by molar-refractivity contribution is 0.00242. The Balaban J connectivity index is 1.87. The third-order valence-electron chi connectivity index (χ3n) is 6.39. The van der Waals surface area contributed by atoms with Crippen molar-refractivity contribution < 1.29 is 13.0 Å². The molecule has 2 aromatic rings. The molecular formula is C22H29F2N3O2S. The van der Waals surface area contributed by atoms with Crippen molar-refractivity contribution in [2.75, 3.05) is 0 Å². The van der Waals surface area contributed by atoms with E-state index in [1.54, 1.807) is 4.57 Å². The number of halogens is 2. The number of nitrogens with one attached hydrogen (secondary N) is 1. The van der Waals surface area contributed by atoms with E-state index in [0.717, 1.165) is 11.1 Å². The zero-order valence-corrected chi connectivity index (χ0v) is 19.0. The number of fused-ring (bicyclic) bond motifs is 3. The number of alkyl halides is 2. The van der Waals surface area contributed by atoms with Gasteiger partial charge < -0.3 is 0 Å². The average molecular weight is 438 g/mol. The van der Waals surface area contributed by atoms with Crippen LogP contribution in [0, 0.1) is 6.92 Å². The third-order valence-corrected chi connectivity index (χ3v) is 8.07. The molecule has 0 saturated heterocycles. The summed E-state index contributed by atoms with van der Waals surface area (Å²) in [6, 6.07) is 3.43. The predicted octanol–water partition coefficient (Wildman–Crippen LogP) is 4.28. The van der Waals surface area contributed by atoms with Gasteiger partial charge in [0.05, 0.1) is 26.6 Å². The van der Waals surface area contributed by atoms with Crippen LogP contribution in [0.3, 0.4) is 0 Å². The van der Waals surface area contributed by atoms with Gasteiger partial charge in [-0.1, -0.05) is 6.07 Å². The van der Waals surface area contributed by atoms with Crippen LogP contribution in [0.1, 0.15) is 76.4 Å². The van der Waals surface area contributed by atoms with Gasteiger partial charge >= 0.3 is 0 Å². The maximum absolute atomic E-state index is 14.1. The summed E-state index contributed by atoms with van der Waals surface area (Å²) < 4.78 is 45.1. The molecule has 2 heterocycles. The molecule has 1 saturated carbocycles. The Morgan fingerprint density at radius 3 is 2.53 bits per heavy atom. The quantitative estimate of drug-likeness (QED) is 0.780. The number of aryl methyl sites for hydroxylation is 1.